The number of unbranched alkanes of at least 4 members (excludes halogenated alkanes) is 1. The maximum atomic E-state index is 5.02. The smallest absolute Gasteiger partial charge is 0.0655 e. The Hall–Kier alpha value is -2.62. The van der Waals surface area contributed by atoms with E-state index >= 15 is 0 Å². The Labute approximate surface area is 196 Å². The maximum absolute atomic E-state index is 5.02. The van der Waals surface area contributed by atoms with E-state index in [1.165, 1.54) is 22.5 Å². The van der Waals surface area contributed by atoms with Crippen LogP contribution in [0.4, 0.5) is 22.7 Å². The Morgan fingerprint density at radius 2 is 1.41 bits per heavy atom. The molecule has 0 unspecified atom stereocenters. The lowest BCUT2D eigenvalue weighted by Crippen LogP contribution is -2.22. The molecule has 0 radical (unpaired) electrons. The van der Waals surface area contributed by atoms with Crippen molar-refractivity contribution in [3.05, 3.63) is 47.5 Å². The Kier molecular flexibility index (Phi) is 10.5. The third-order valence-corrected chi connectivity index (χ3v) is 6.01. The molecule has 2 aromatic carbocycles. The molecule has 0 heterocycles. The van der Waals surface area contributed by atoms with E-state index in [4.69, 9.17) is 9.98 Å². The van der Waals surface area contributed by atoms with Crippen LogP contribution in [0.5, 0.6) is 0 Å². The third kappa shape index (κ3) is 7.22. The zero-order valence-electron chi connectivity index (χ0n) is 21.3. The molecule has 0 spiro atoms. The molecular formula is C28H42N4. The fourth-order valence-corrected chi connectivity index (χ4v) is 3.60. The molecular weight excluding hydrogens is 392 g/mol. The predicted octanol–water partition coefficient (Wildman–Crippen LogP) is 7.39. The van der Waals surface area contributed by atoms with E-state index in [0.717, 1.165) is 62.3 Å². The minimum atomic E-state index is 0.934. The molecule has 0 amide bonds. The van der Waals surface area contributed by atoms with Gasteiger partial charge in [0.25, 0.3) is 0 Å². The summed E-state index contributed by atoms with van der Waals surface area (Å²) in [6, 6.07) is 13.2. The van der Waals surface area contributed by atoms with Gasteiger partial charge in [0, 0.05) is 33.4 Å². The summed E-state index contributed by atoms with van der Waals surface area (Å²) in [6.45, 7) is 12.9. The van der Waals surface area contributed by atoms with E-state index in [9.17, 15) is 0 Å². The highest BCUT2D eigenvalue weighted by Gasteiger charge is 2.11. The molecule has 0 aliphatic rings. The minimum Gasteiger partial charge on any atom is -0.373 e. The van der Waals surface area contributed by atoms with Crippen molar-refractivity contribution in [2.24, 2.45) is 9.98 Å². The highest BCUT2D eigenvalue weighted by atomic mass is 15.2. The van der Waals surface area contributed by atoms with Crippen molar-refractivity contribution in [1.82, 2.24) is 0 Å². The first-order valence-electron chi connectivity index (χ1n) is 12.3. The molecule has 0 aliphatic carbocycles. The highest BCUT2D eigenvalue weighted by molar-refractivity contribution is 6.31. The summed E-state index contributed by atoms with van der Waals surface area (Å²) in [5.74, 6) is 0. The van der Waals surface area contributed by atoms with Crippen molar-refractivity contribution >= 4 is 34.7 Å². The van der Waals surface area contributed by atoms with Crippen molar-refractivity contribution in [3.63, 3.8) is 0 Å². The van der Waals surface area contributed by atoms with Gasteiger partial charge in [-0.1, -0.05) is 33.3 Å². The van der Waals surface area contributed by atoms with Crippen LogP contribution < -0.4 is 9.80 Å². The summed E-state index contributed by atoms with van der Waals surface area (Å²) in [5.41, 5.74) is 8.18. The van der Waals surface area contributed by atoms with Crippen molar-refractivity contribution in [2.75, 3.05) is 37.0 Å². The molecule has 0 saturated carbocycles. The van der Waals surface area contributed by atoms with Gasteiger partial charge in [-0.15, -0.1) is 0 Å². The molecule has 0 saturated heterocycles. The standard InChI is InChI=1S/C28H42N4/c1-8-13-14-25(21-29-26-18-22(9-2)17-23(10-3)19-26)30-24-15-16-27(31(6)11-4)28(20-24)32(7)12-5/h15-21H,8-14H2,1-7H3. The van der Waals surface area contributed by atoms with Crippen LogP contribution in [0.3, 0.4) is 0 Å². The molecule has 0 aliphatic heterocycles. The number of benzene rings is 2. The predicted molar refractivity (Wildman–Crippen MR) is 144 cm³/mol. The quantitative estimate of drug-likeness (QED) is 0.326. The van der Waals surface area contributed by atoms with Crippen LogP contribution >= 0.6 is 0 Å². The van der Waals surface area contributed by atoms with E-state index in [-0.39, 0.29) is 0 Å². The van der Waals surface area contributed by atoms with E-state index < -0.39 is 0 Å². The maximum Gasteiger partial charge on any atom is 0.0655 e. The third-order valence-electron chi connectivity index (χ3n) is 6.01. The molecule has 174 valence electrons. The summed E-state index contributed by atoms with van der Waals surface area (Å²) in [7, 11) is 4.28. The van der Waals surface area contributed by atoms with Gasteiger partial charge >= 0.3 is 0 Å². The topological polar surface area (TPSA) is 31.2 Å². The van der Waals surface area contributed by atoms with Crippen LogP contribution in [0.15, 0.2) is 46.4 Å². The number of hydrogen-bond donors (Lipinski definition) is 0. The second-order valence-electron chi connectivity index (χ2n) is 8.38. The van der Waals surface area contributed by atoms with Gasteiger partial charge in [-0.05, 0) is 81.0 Å². The first-order valence-corrected chi connectivity index (χ1v) is 12.3. The van der Waals surface area contributed by atoms with Gasteiger partial charge in [-0.3, -0.25) is 9.98 Å². The van der Waals surface area contributed by atoms with Crippen molar-refractivity contribution < 1.29 is 0 Å². The monoisotopic (exact) mass is 434 g/mol. The van der Waals surface area contributed by atoms with Gasteiger partial charge in [0.1, 0.15) is 0 Å². The van der Waals surface area contributed by atoms with E-state index in [0.29, 0.717) is 0 Å². The van der Waals surface area contributed by atoms with E-state index in [1.54, 1.807) is 0 Å². The first-order chi connectivity index (χ1) is 15.4. The molecule has 2 rings (SSSR count). The van der Waals surface area contributed by atoms with Crippen LogP contribution in [0.1, 0.15) is 65.0 Å². The Morgan fingerprint density at radius 3 is 1.97 bits per heavy atom. The SMILES string of the molecule is CCCCC(C=Nc1cc(CC)cc(CC)c1)=Nc1ccc(N(C)CC)c(N(C)CC)c1. The van der Waals surface area contributed by atoms with Crippen LogP contribution in [0.2, 0.25) is 0 Å². The molecule has 0 bridgehead atoms. The average molecular weight is 435 g/mol. The van der Waals surface area contributed by atoms with Crippen LogP contribution in [0.25, 0.3) is 0 Å². The van der Waals surface area contributed by atoms with E-state index in [1.807, 2.05) is 6.21 Å². The average Bonchev–Trinajstić information content (AvgIpc) is 2.84. The van der Waals surface area contributed by atoms with Gasteiger partial charge in [-0.2, -0.15) is 0 Å². The number of aliphatic imine (C=N–C) groups is 2. The van der Waals surface area contributed by atoms with Gasteiger partial charge < -0.3 is 9.80 Å². The fourth-order valence-electron chi connectivity index (χ4n) is 3.60. The molecule has 0 atom stereocenters. The second-order valence-corrected chi connectivity index (χ2v) is 8.38. The number of aryl methyl sites for hydroxylation is 2. The molecule has 32 heavy (non-hydrogen) atoms. The Morgan fingerprint density at radius 1 is 0.781 bits per heavy atom. The first kappa shape index (κ1) is 25.6. The summed E-state index contributed by atoms with van der Waals surface area (Å²) in [4.78, 5) is 14.4. The lowest BCUT2D eigenvalue weighted by Gasteiger charge is -2.26. The zero-order chi connectivity index (χ0) is 23.5. The number of hydrogen-bond acceptors (Lipinski definition) is 4. The summed E-state index contributed by atoms with van der Waals surface area (Å²) in [6.07, 6.45) is 7.21. The summed E-state index contributed by atoms with van der Waals surface area (Å²) in [5, 5.41) is 0. The Bertz CT molecular complexity index is 891. The van der Waals surface area contributed by atoms with Crippen LogP contribution in [-0.4, -0.2) is 39.1 Å². The number of anilines is 2. The fraction of sp³-hybridized carbons (Fsp3) is 0.500. The highest BCUT2D eigenvalue weighted by Crippen LogP contribution is 2.32. The van der Waals surface area contributed by atoms with Gasteiger partial charge in [-0.25, -0.2) is 0 Å². The largest absolute Gasteiger partial charge is 0.373 e. The second kappa shape index (κ2) is 13.0. The number of rotatable bonds is 12. The van der Waals surface area contributed by atoms with Crippen molar-refractivity contribution in [2.45, 2.75) is 66.7 Å². The minimum absolute atomic E-state index is 0.934. The van der Waals surface area contributed by atoms with Crippen LogP contribution in [-0.2, 0) is 12.8 Å². The van der Waals surface area contributed by atoms with Crippen molar-refractivity contribution in [1.29, 1.82) is 0 Å². The van der Waals surface area contributed by atoms with Gasteiger partial charge in [0.05, 0.1) is 28.5 Å². The van der Waals surface area contributed by atoms with Gasteiger partial charge in [0.15, 0.2) is 0 Å². The molecule has 2 aromatic rings. The van der Waals surface area contributed by atoms with Gasteiger partial charge in [0.2, 0.25) is 0 Å². The zero-order valence-corrected chi connectivity index (χ0v) is 21.3. The summed E-state index contributed by atoms with van der Waals surface area (Å²) >= 11 is 0. The molecule has 4 heteroatoms. The summed E-state index contributed by atoms with van der Waals surface area (Å²) < 4.78 is 0. The lowest BCUT2D eigenvalue weighted by atomic mass is 10.1. The van der Waals surface area contributed by atoms with E-state index in [2.05, 4.69) is 94.9 Å². The normalized spacial score (nSPS) is 11.9. The molecule has 0 N–H and O–H groups in total. The Balaban J connectivity index is 2.42. The molecule has 0 aromatic heterocycles. The van der Waals surface area contributed by atoms with Crippen molar-refractivity contribution in [3.8, 4) is 0 Å². The van der Waals surface area contributed by atoms with Crippen LogP contribution in [0, 0.1) is 0 Å². The molecule has 0 fully saturated rings. The lowest BCUT2D eigenvalue weighted by molar-refractivity contribution is 0.839. The molecule has 4 nitrogen and oxygen atoms in total. The number of nitrogens with zero attached hydrogens (tertiary/aromatic N) is 4.